The Bertz CT molecular complexity index is 1480. The monoisotopic (exact) mass is 556 g/mol. The Morgan fingerprint density at radius 2 is 1.93 bits per heavy atom. The standard InChI is InChI=1S/C31H37FN8O/c1-19-14-26(17-33)40(21(19)3)20(2)18-34-13-12-31(30-35-37-38-36-30)27-10-8-24(29(41)39(4)5)15-22(27)6-7-23-16-25(32)9-11-28(23)31/h8-11,15-16,19,21,26,34H,2,6-7,12-14,18H2,1,3-5H3,(H,35,36,37,38)/t19-,21?,26?,31?/m0/s1. The van der Waals surface area contributed by atoms with Gasteiger partial charge in [0.05, 0.1) is 11.5 Å². The van der Waals surface area contributed by atoms with Crippen molar-refractivity contribution in [3.05, 3.63) is 88.1 Å². The smallest absolute Gasteiger partial charge is 0.253 e. The number of likely N-dealkylation sites (tertiary alicyclic amines) is 1. The summed E-state index contributed by atoms with van der Waals surface area (Å²) >= 11 is 0. The number of hydrogen-bond donors (Lipinski definition) is 2. The Hall–Kier alpha value is -4.10. The van der Waals surface area contributed by atoms with E-state index >= 15 is 0 Å². The van der Waals surface area contributed by atoms with Crippen LogP contribution in [0, 0.1) is 23.1 Å². The van der Waals surface area contributed by atoms with Crippen LogP contribution in [0.2, 0.25) is 0 Å². The number of hydrogen-bond acceptors (Lipinski definition) is 7. The lowest BCUT2D eigenvalue weighted by Crippen LogP contribution is -2.39. The molecule has 3 aromatic rings. The second kappa shape index (κ2) is 11.4. The molecule has 1 aromatic heterocycles. The zero-order chi connectivity index (χ0) is 29.3. The summed E-state index contributed by atoms with van der Waals surface area (Å²) in [5.74, 6) is 0.613. The van der Waals surface area contributed by atoms with Crippen molar-refractivity contribution in [1.29, 1.82) is 5.26 Å². The van der Waals surface area contributed by atoms with Crippen LogP contribution in [0.4, 0.5) is 4.39 Å². The summed E-state index contributed by atoms with van der Waals surface area (Å²) in [7, 11) is 3.47. The molecule has 0 spiro atoms. The lowest BCUT2D eigenvalue weighted by molar-refractivity contribution is 0.0827. The zero-order valence-corrected chi connectivity index (χ0v) is 24.1. The van der Waals surface area contributed by atoms with Gasteiger partial charge in [0.1, 0.15) is 11.9 Å². The number of halogens is 1. The van der Waals surface area contributed by atoms with E-state index in [-0.39, 0.29) is 23.8 Å². The summed E-state index contributed by atoms with van der Waals surface area (Å²) in [6, 6.07) is 13.2. The van der Waals surface area contributed by atoms with E-state index in [1.165, 1.54) is 6.07 Å². The van der Waals surface area contributed by atoms with Gasteiger partial charge in [-0.3, -0.25) is 4.79 Å². The topological polar surface area (TPSA) is 114 Å². The molecular weight excluding hydrogens is 519 g/mol. The van der Waals surface area contributed by atoms with Crippen molar-refractivity contribution in [2.24, 2.45) is 5.92 Å². The molecule has 0 saturated carbocycles. The Kier molecular flexibility index (Phi) is 7.91. The molecule has 41 heavy (non-hydrogen) atoms. The lowest BCUT2D eigenvalue weighted by Gasteiger charge is -2.35. The highest BCUT2D eigenvalue weighted by Gasteiger charge is 2.44. The number of rotatable bonds is 8. The highest BCUT2D eigenvalue weighted by Crippen LogP contribution is 2.46. The molecule has 0 radical (unpaired) electrons. The lowest BCUT2D eigenvalue weighted by atomic mass is 9.69. The summed E-state index contributed by atoms with van der Waals surface area (Å²) < 4.78 is 14.5. The Labute approximate surface area is 240 Å². The van der Waals surface area contributed by atoms with Crippen molar-refractivity contribution in [3.63, 3.8) is 0 Å². The minimum Gasteiger partial charge on any atom is -0.355 e. The van der Waals surface area contributed by atoms with Gasteiger partial charge in [-0.25, -0.2) is 9.49 Å². The van der Waals surface area contributed by atoms with Gasteiger partial charge in [0.25, 0.3) is 5.91 Å². The number of nitrogens with zero attached hydrogens (tertiary/aromatic N) is 6. The fourth-order valence-corrected chi connectivity index (χ4v) is 6.63. The number of nitrogens with one attached hydrogen (secondary N) is 2. The first-order chi connectivity index (χ1) is 19.7. The maximum Gasteiger partial charge on any atom is 0.253 e. The Balaban J connectivity index is 1.51. The summed E-state index contributed by atoms with van der Waals surface area (Å²) in [5, 5.41) is 28.5. The predicted molar refractivity (Wildman–Crippen MR) is 153 cm³/mol. The predicted octanol–water partition coefficient (Wildman–Crippen LogP) is 3.59. The fraction of sp³-hybridized carbons (Fsp3) is 0.452. The third-order valence-electron chi connectivity index (χ3n) is 8.87. The first-order valence-electron chi connectivity index (χ1n) is 14.1. The fourth-order valence-electron chi connectivity index (χ4n) is 6.63. The third-order valence-corrected chi connectivity index (χ3v) is 8.87. The maximum atomic E-state index is 14.5. The molecule has 4 atom stereocenters. The van der Waals surface area contributed by atoms with Crippen LogP contribution >= 0.6 is 0 Å². The molecule has 2 heterocycles. The first kappa shape index (κ1) is 28.4. The number of fused-ring (bicyclic) bond motifs is 2. The molecule has 2 aromatic carbocycles. The van der Waals surface area contributed by atoms with E-state index in [0.29, 0.717) is 49.7 Å². The highest BCUT2D eigenvalue weighted by atomic mass is 19.1. The number of aromatic nitrogens is 4. The minimum absolute atomic E-state index is 0.0751. The molecule has 9 nitrogen and oxygen atoms in total. The quantitative estimate of drug-likeness (QED) is 0.408. The molecule has 2 N–H and O–H groups in total. The minimum atomic E-state index is -0.808. The van der Waals surface area contributed by atoms with Crippen molar-refractivity contribution in [3.8, 4) is 6.07 Å². The van der Waals surface area contributed by atoms with Crippen molar-refractivity contribution in [2.45, 2.75) is 57.0 Å². The van der Waals surface area contributed by atoms with E-state index in [1.54, 1.807) is 25.1 Å². The van der Waals surface area contributed by atoms with Gasteiger partial charge in [-0.05, 0) is 102 Å². The number of aryl methyl sites for hydroxylation is 2. The maximum absolute atomic E-state index is 14.5. The molecule has 1 aliphatic carbocycles. The van der Waals surface area contributed by atoms with Crippen LogP contribution in [0.5, 0.6) is 0 Å². The van der Waals surface area contributed by atoms with Gasteiger partial charge in [-0.1, -0.05) is 25.6 Å². The first-order valence-corrected chi connectivity index (χ1v) is 14.1. The van der Waals surface area contributed by atoms with E-state index < -0.39 is 5.41 Å². The average Bonchev–Trinajstić information content (AvgIpc) is 3.57. The molecular formula is C31H37FN8O. The summed E-state index contributed by atoms with van der Waals surface area (Å²) in [5.41, 5.74) is 4.51. The number of H-pyrrole nitrogens is 1. The van der Waals surface area contributed by atoms with E-state index in [0.717, 1.165) is 34.4 Å². The molecule has 1 saturated heterocycles. The van der Waals surface area contributed by atoms with Crippen LogP contribution in [-0.2, 0) is 18.3 Å². The van der Waals surface area contributed by atoms with Crippen molar-refractivity contribution in [1.82, 2.24) is 35.7 Å². The molecule has 0 bridgehead atoms. The van der Waals surface area contributed by atoms with E-state index in [4.69, 9.17) is 0 Å². The number of nitriles is 1. The van der Waals surface area contributed by atoms with Gasteiger partial charge < -0.3 is 15.1 Å². The molecule has 10 heteroatoms. The van der Waals surface area contributed by atoms with Crippen molar-refractivity contribution in [2.75, 3.05) is 27.2 Å². The second-order valence-corrected chi connectivity index (χ2v) is 11.5. The van der Waals surface area contributed by atoms with E-state index in [1.807, 2.05) is 24.3 Å². The van der Waals surface area contributed by atoms with Gasteiger partial charge in [-0.2, -0.15) is 5.26 Å². The van der Waals surface area contributed by atoms with Gasteiger partial charge in [0, 0.05) is 37.9 Å². The number of tetrazole rings is 1. The molecule has 5 rings (SSSR count). The summed E-state index contributed by atoms with van der Waals surface area (Å²) in [6.45, 7) is 9.72. The molecule has 1 aliphatic heterocycles. The van der Waals surface area contributed by atoms with Crippen molar-refractivity contribution >= 4 is 5.91 Å². The van der Waals surface area contributed by atoms with Crippen LogP contribution in [0.3, 0.4) is 0 Å². The van der Waals surface area contributed by atoms with Gasteiger partial charge >= 0.3 is 0 Å². The van der Waals surface area contributed by atoms with Gasteiger partial charge in [0.2, 0.25) is 0 Å². The molecule has 214 valence electrons. The highest BCUT2D eigenvalue weighted by molar-refractivity contribution is 5.94. The van der Waals surface area contributed by atoms with Gasteiger partial charge in [0.15, 0.2) is 5.82 Å². The van der Waals surface area contributed by atoms with Gasteiger partial charge in [-0.15, -0.1) is 5.10 Å². The molecule has 1 fully saturated rings. The summed E-state index contributed by atoms with van der Waals surface area (Å²) in [6.07, 6.45) is 2.67. The number of carbonyl (C=O) groups excluding carboxylic acids is 1. The second-order valence-electron chi connectivity index (χ2n) is 11.5. The molecule has 1 amide bonds. The average molecular weight is 557 g/mol. The number of amides is 1. The molecule has 2 aliphatic rings. The largest absolute Gasteiger partial charge is 0.355 e. The van der Waals surface area contributed by atoms with E-state index in [9.17, 15) is 14.4 Å². The zero-order valence-electron chi connectivity index (χ0n) is 24.1. The Morgan fingerprint density at radius 1 is 1.22 bits per heavy atom. The van der Waals surface area contributed by atoms with Crippen LogP contribution in [0.15, 0.2) is 48.7 Å². The number of benzene rings is 2. The third kappa shape index (κ3) is 5.10. The SMILES string of the molecule is C=C(CNCCC1(c2nnn[nH]2)c2ccc(F)cc2CCc2cc(C(=O)N(C)C)ccc21)N1C(C#N)C[C@H](C)C1C. The van der Waals surface area contributed by atoms with Crippen LogP contribution in [-0.4, -0.2) is 75.6 Å². The van der Waals surface area contributed by atoms with Crippen molar-refractivity contribution < 1.29 is 9.18 Å². The number of carbonyl (C=O) groups is 1. The van der Waals surface area contributed by atoms with Crippen LogP contribution < -0.4 is 5.32 Å². The normalized spacial score (nSPS) is 23.3. The molecule has 3 unspecified atom stereocenters. The van der Waals surface area contributed by atoms with Crippen LogP contribution in [0.25, 0.3) is 0 Å². The Morgan fingerprint density at radius 3 is 2.59 bits per heavy atom. The van der Waals surface area contributed by atoms with Crippen LogP contribution in [0.1, 0.15) is 65.1 Å². The van der Waals surface area contributed by atoms with E-state index in [2.05, 4.69) is 57.3 Å². The summed E-state index contributed by atoms with van der Waals surface area (Å²) in [4.78, 5) is 16.5. The number of aromatic amines is 1.